The van der Waals surface area contributed by atoms with Gasteiger partial charge in [0.05, 0.1) is 17.7 Å². The monoisotopic (exact) mass is 244 g/mol. The van der Waals surface area contributed by atoms with E-state index in [1.54, 1.807) is 12.1 Å². The summed E-state index contributed by atoms with van der Waals surface area (Å²) in [5.41, 5.74) is 2.22. The Kier molecular flexibility index (Phi) is 3.23. The van der Waals surface area contributed by atoms with Gasteiger partial charge in [-0.15, -0.1) is 0 Å². The first-order valence-electron chi connectivity index (χ1n) is 5.38. The Morgan fingerprint density at radius 2 is 2.06 bits per heavy atom. The number of benzene rings is 1. The van der Waals surface area contributed by atoms with E-state index in [0.717, 1.165) is 5.69 Å². The first-order valence-corrected chi connectivity index (χ1v) is 5.38. The smallest absolute Gasteiger partial charge is 0.311 e. The lowest BCUT2D eigenvalue weighted by Crippen LogP contribution is -1.95. The van der Waals surface area contributed by atoms with E-state index < -0.39 is 4.92 Å². The van der Waals surface area contributed by atoms with Crippen molar-refractivity contribution in [3.8, 4) is 17.0 Å². The topological polar surface area (TPSA) is 65.3 Å². The van der Waals surface area contributed by atoms with Crippen LogP contribution in [-0.2, 0) is 0 Å². The lowest BCUT2D eigenvalue weighted by atomic mass is 10.1. The van der Waals surface area contributed by atoms with Crippen molar-refractivity contribution in [1.82, 2.24) is 4.98 Å². The highest BCUT2D eigenvalue weighted by atomic mass is 16.6. The van der Waals surface area contributed by atoms with Crippen LogP contribution in [0.15, 0.2) is 36.4 Å². The van der Waals surface area contributed by atoms with Gasteiger partial charge in [0.25, 0.3) is 0 Å². The Labute approximate surface area is 104 Å². The molecular weight excluding hydrogens is 232 g/mol. The normalized spacial score (nSPS) is 10.1. The van der Waals surface area contributed by atoms with Crippen molar-refractivity contribution in [1.29, 1.82) is 0 Å². The first kappa shape index (κ1) is 12.0. The van der Waals surface area contributed by atoms with Crippen molar-refractivity contribution < 1.29 is 9.66 Å². The van der Waals surface area contributed by atoms with E-state index in [-0.39, 0.29) is 11.4 Å². The van der Waals surface area contributed by atoms with E-state index in [9.17, 15) is 10.1 Å². The molecule has 0 bridgehead atoms. The Balaban J connectivity index is 2.53. The molecule has 0 aliphatic rings. The van der Waals surface area contributed by atoms with Crippen LogP contribution in [0.5, 0.6) is 5.75 Å². The predicted molar refractivity (Wildman–Crippen MR) is 67.6 cm³/mol. The van der Waals surface area contributed by atoms with Gasteiger partial charge in [-0.2, -0.15) is 0 Å². The van der Waals surface area contributed by atoms with Gasteiger partial charge in [0.2, 0.25) is 0 Å². The molecule has 1 aromatic carbocycles. The molecule has 1 aromatic heterocycles. The lowest BCUT2D eigenvalue weighted by Gasteiger charge is -2.05. The average Bonchev–Trinajstić information content (AvgIpc) is 2.38. The highest BCUT2D eigenvalue weighted by molar-refractivity contribution is 5.66. The van der Waals surface area contributed by atoms with Gasteiger partial charge in [0.15, 0.2) is 5.75 Å². The second kappa shape index (κ2) is 4.83. The molecule has 0 radical (unpaired) electrons. The molecule has 18 heavy (non-hydrogen) atoms. The van der Waals surface area contributed by atoms with E-state index in [1.165, 1.54) is 13.2 Å². The number of aromatic nitrogens is 1. The Morgan fingerprint density at radius 1 is 1.28 bits per heavy atom. The van der Waals surface area contributed by atoms with Crippen LogP contribution < -0.4 is 4.74 Å². The fourth-order valence-electron chi connectivity index (χ4n) is 1.70. The maximum absolute atomic E-state index is 10.9. The number of hydrogen-bond donors (Lipinski definition) is 0. The minimum Gasteiger partial charge on any atom is -0.490 e. The zero-order valence-corrected chi connectivity index (χ0v) is 10.1. The molecule has 0 aliphatic heterocycles. The van der Waals surface area contributed by atoms with Crippen LogP contribution in [0.3, 0.4) is 0 Å². The Bertz CT molecular complexity index is 597. The predicted octanol–water partition coefficient (Wildman–Crippen LogP) is 2.97. The summed E-state index contributed by atoms with van der Waals surface area (Å²) in [5.74, 6) is 0.247. The number of hydrogen-bond acceptors (Lipinski definition) is 4. The highest BCUT2D eigenvalue weighted by Gasteiger charge is 2.16. The minimum absolute atomic E-state index is 0.0571. The first-order chi connectivity index (χ1) is 8.61. The zero-order chi connectivity index (χ0) is 13.1. The highest BCUT2D eigenvalue weighted by Crippen LogP contribution is 2.31. The summed E-state index contributed by atoms with van der Waals surface area (Å²) in [6.07, 6.45) is 0. The number of nitrogens with zero attached hydrogens (tertiary/aromatic N) is 2. The van der Waals surface area contributed by atoms with Crippen LogP contribution in [0.2, 0.25) is 0 Å². The Hall–Kier alpha value is -2.43. The second-order valence-electron chi connectivity index (χ2n) is 3.81. The van der Waals surface area contributed by atoms with Gasteiger partial charge in [-0.3, -0.25) is 15.1 Å². The molecule has 2 rings (SSSR count). The van der Waals surface area contributed by atoms with Crippen molar-refractivity contribution in [3.05, 3.63) is 52.2 Å². The van der Waals surface area contributed by atoms with Crippen LogP contribution in [0.25, 0.3) is 11.3 Å². The summed E-state index contributed by atoms with van der Waals surface area (Å²) in [4.78, 5) is 14.8. The van der Waals surface area contributed by atoms with E-state index in [1.807, 2.05) is 25.1 Å². The standard InChI is InChI=1S/C13H12N2O3/c1-9-4-3-5-11(14-9)10-6-7-13(18-2)12(8-10)15(16)17/h3-8H,1-2H3. The molecule has 0 aliphatic carbocycles. The minimum atomic E-state index is -0.460. The lowest BCUT2D eigenvalue weighted by molar-refractivity contribution is -0.385. The summed E-state index contributed by atoms with van der Waals surface area (Å²) < 4.78 is 4.96. The molecule has 0 spiro atoms. The summed E-state index contributed by atoms with van der Waals surface area (Å²) in [5, 5.41) is 10.9. The molecule has 5 nitrogen and oxygen atoms in total. The molecule has 0 saturated heterocycles. The molecule has 1 heterocycles. The molecule has 0 fully saturated rings. The summed E-state index contributed by atoms with van der Waals surface area (Å²) >= 11 is 0. The van der Waals surface area contributed by atoms with Crippen LogP contribution in [-0.4, -0.2) is 17.0 Å². The quantitative estimate of drug-likeness (QED) is 0.615. The Morgan fingerprint density at radius 3 is 2.67 bits per heavy atom. The third kappa shape index (κ3) is 2.29. The number of pyridine rings is 1. The van der Waals surface area contributed by atoms with Crippen molar-refractivity contribution >= 4 is 5.69 Å². The average molecular weight is 244 g/mol. The maximum Gasteiger partial charge on any atom is 0.311 e. The second-order valence-corrected chi connectivity index (χ2v) is 3.81. The van der Waals surface area contributed by atoms with Gasteiger partial charge in [-0.25, -0.2) is 0 Å². The van der Waals surface area contributed by atoms with E-state index in [4.69, 9.17) is 4.74 Å². The van der Waals surface area contributed by atoms with Gasteiger partial charge in [0, 0.05) is 17.3 Å². The van der Waals surface area contributed by atoms with Crippen molar-refractivity contribution in [3.63, 3.8) is 0 Å². The summed E-state index contributed by atoms with van der Waals surface area (Å²) in [6.45, 7) is 1.88. The number of nitro groups is 1. The van der Waals surface area contributed by atoms with Crippen LogP contribution >= 0.6 is 0 Å². The fraction of sp³-hybridized carbons (Fsp3) is 0.154. The van der Waals surface area contributed by atoms with Crippen molar-refractivity contribution in [2.75, 3.05) is 7.11 Å². The molecule has 2 aromatic rings. The van der Waals surface area contributed by atoms with E-state index >= 15 is 0 Å². The molecule has 0 saturated carbocycles. The third-order valence-electron chi connectivity index (χ3n) is 2.56. The molecular formula is C13H12N2O3. The number of rotatable bonds is 3. The number of nitro benzene ring substituents is 1. The van der Waals surface area contributed by atoms with Crippen LogP contribution in [0, 0.1) is 17.0 Å². The van der Waals surface area contributed by atoms with E-state index in [0.29, 0.717) is 11.3 Å². The number of methoxy groups -OCH3 is 1. The van der Waals surface area contributed by atoms with Crippen LogP contribution in [0.1, 0.15) is 5.69 Å². The maximum atomic E-state index is 10.9. The fourth-order valence-corrected chi connectivity index (χ4v) is 1.70. The van der Waals surface area contributed by atoms with Gasteiger partial charge in [0.1, 0.15) is 0 Å². The SMILES string of the molecule is COc1ccc(-c2cccc(C)n2)cc1[N+](=O)[O-]. The molecule has 0 N–H and O–H groups in total. The van der Waals surface area contributed by atoms with Gasteiger partial charge in [-0.1, -0.05) is 6.07 Å². The molecule has 92 valence electrons. The third-order valence-corrected chi connectivity index (χ3v) is 2.56. The summed E-state index contributed by atoms with van der Waals surface area (Å²) in [6, 6.07) is 10.4. The number of ether oxygens (including phenoxy) is 1. The van der Waals surface area contributed by atoms with Crippen LogP contribution in [0.4, 0.5) is 5.69 Å². The molecule has 0 unspecified atom stereocenters. The largest absolute Gasteiger partial charge is 0.490 e. The molecule has 0 atom stereocenters. The number of aryl methyl sites for hydroxylation is 1. The zero-order valence-electron chi connectivity index (χ0n) is 10.1. The van der Waals surface area contributed by atoms with Crippen molar-refractivity contribution in [2.45, 2.75) is 6.92 Å². The van der Waals surface area contributed by atoms with Gasteiger partial charge in [-0.05, 0) is 31.2 Å². The van der Waals surface area contributed by atoms with E-state index in [2.05, 4.69) is 4.98 Å². The van der Waals surface area contributed by atoms with Gasteiger partial charge < -0.3 is 4.74 Å². The summed E-state index contributed by atoms with van der Waals surface area (Å²) in [7, 11) is 1.41. The molecule has 5 heteroatoms. The van der Waals surface area contributed by atoms with Gasteiger partial charge >= 0.3 is 5.69 Å². The van der Waals surface area contributed by atoms with Crippen molar-refractivity contribution in [2.24, 2.45) is 0 Å². The molecule has 0 amide bonds.